The van der Waals surface area contributed by atoms with E-state index in [1.165, 1.54) is 24.3 Å². The van der Waals surface area contributed by atoms with Gasteiger partial charge >= 0.3 is 16.3 Å². The average molecular weight is 239 g/mol. The van der Waals surface area contributed by atoms with E-state index >= 15 is 0 Å². The third-order valence-electron chi connectivity index (χ3n) is 1.42. The van der Waals surface area contributed by atoms with Crippen LogP contribution in [0.1, 0.15) is 0 Å². The van der Waals surface area contributed by atoms with Crippen LogP contribution in [0.5, 0.6) is 0 Å². The molecule has 3 N–H and O–H groups in total. The zero-order chi connectivity index (χ0) is 10.8. The summed E-state index contributed by atoms with van der Waals surface area (Å²) in [7, 11) is -4.66. The fourth-order valence-electron chi connectivity index (χ4n) is 0.938. The van der Waals surface area contributed by atoms with Crippen molar-refractivity contribution in [1.82, 2.24) is 0 Å². The van der Waals surface area contributed by atoms with Crippen molar-refractivity contribution in [3.05, 3.63) is 30.3 Å². The molecule has 1 radical (unpaired) electrons. The van der Waals surface area contributed by atoms with Crippen molar-refractivity contribution < 1.29 is 17.8 Å². The second-order valence-electron chi connectivity index (χ2n) is 2.42. The first kappa shape index (κ1) is 14.4. The van der Waals surface area contributed by atoms with Crippen molar-refractivity contribution in [3.8, 4) is 0 Å². The van der Waals surface area contributed by atoms with E-state index in [-0.39, 0.29) is 39.5 Å². The third kappa shape index (κ3) is 3.80. The molecule has 0 fully saturated rings. The summed E-state index contributed by atoms with van der Waals surface area (Å²) in [5.41, 5.74) is 4.79. The number of urea groups is 1. The Morgan fingerprint density at radius 2 is 1.73 bits per heavy atom. The smallest absolute Gasteiger partial charge is 0.350 e. The predicted molar refractivity (Wildman–Crippen MR) is 55.8 cm³/mol. The molecule has 1 rings (SSSR count). The van der Waals surface area contributed by atoms with Crippen molar-refractivity contribution in [2.75, 3.05) is 4.31 Å². The number of carbonyl (C=O) groups is 1. The summed E-state index contributed by atoms with van der Waals surface area (Å²) in [5.74, 6) is 0. The number of hydrogen-bond donors (Lipinski definition) is 2. The van der Waals surface area contributed by atoms with Crippen LogP contribution in [0, 0.1) is 0 Å². The molecule has 0 spiro atoms. The van der Waals surface area contributed by atoms with Gasteiger partial charge in [0.15, 0.2) is 0 Å². The maximum absolute atomic E-state index is 10.8. The molecule has 0 aliphatic rings. The fourth-order valence-corrected chi connectivity index (χ4v) is 1.55. The van der Waals surface area contributed by atoms with Crippen molar-refractivity contribution in [2.24, 2.45) is 5.73 Å². The standard InChI is InChI=1S/C7H8N2O4S.Na/c8-7(10)9(14(11,12)13)6-4-2-1-3-5-6;/h1-5H,(H2,8,10)(H,11,12,13);. The molecule has 0 aliphatic carbocycles. The molecule has 8 heteroatoms. The number of para-hydroxylation sites is 1. The Balaban J connectivity index is 0.00000196. The minimum absolute atomic E-state index is 0. The molecule has 1 aromatic rings. The molecule has 0 aliphatic heterocycles. The number of rotatable bonds is 2. The van der Waals surface area contributed by atoms with Gasteiger partial charge < -0.3 is 5.73 Å². The molecule has 15 heavy (non-hydrogen) atoms. The van der Waals surface area contributed by atoms with Crippen molar-refractivity contribution in [3.63, 3.8) is 0 Å². The van der Waals surface area contributed by atoms with E-state index in [9.17, 15) is 13.2 Å². The molecule has 6 nitrogen and oxygen atoms in total. The third-order valence-corrected chi connectivity index (χ3v) is 2.27. The van der Waals surface area contributed by atoms with E-state index < -0.39 is 16.3 Å². The zero-order valence-corrected chi connectivity index (χ0v) is 10.8. The molecule has 0 saturated heterocycles. The first-order chi connectivity index (χ1) is 6.43. The number of carbonyl (C=O) groups excluding carboxylic acids is 1. The second-order valence-corrected chi connectivity index (χ2v) is 3.68. The Bertz CT molecular complexity index is 434. The summed E-state index contributed by atoms with van der Waals surface area (Å²) >= 11 is 0. The Morgan fingerprint density at radius 3 is 2.07 bits per heavy atom. The van der Waals surface area contributed by atoms with Crippen LogP contribution in [-0.2, 0) is 10.3 Å². The average Bonchev–Trinajstić information content (AvgIpc) is 2.02. The van der Waals surface area contributed by atoms with Crippen LogP contribution < -0.4 is 10.0 Å². The van der Waals surface area contributed by atoms with E-state index in [0.29, 0.717) is 0 Å². The fraction of sp³-hybridized carbons (Fsp3) is 0. The topological polar surface area (TPSA) is 101 Å². The number of hydrogen-bond acceptors (Lipinski definition) is 3. The van der Waals surface area contributed by atoms with Crippen LogP contribution >= 0.6 is 0 Å². The van der Waals surface area contributed by atoms with Crippen molar-refractivity contribution in [1.29, 1.82) is 0 Å². The summed E-state index contributed by atoms with van der Waals surface area (Å²) in [5, 5.41) is 0. The molecule has 0 unspecified atom stereocenters. The van der Waals surface area contributed by atoms with Gasteiger partial charge in [-0.1, -0.05) is 18.2 Å². The number of amides is 2. The SMILES string of the molecule is NC(=O)N(c1ccccc1)S(=O)(=O)O.[Na]. The number of anilines is 1. The Kier molecular flexibility index (Phi) is 5.26. The molecule has 0 atom stereocenters. The monoisotopic (exact) mass is 239 g/mol. The van der Waals surface area contributed by atoms with Gasteiger partial charge in [0.25, 0.3) is 0 Å². The minimum atomic E-state index is -4.66. The van der Waals surface area contributed by atoms with Gasteiger partial charge in [-0.25, -0.2) is 4.79 Å². The van der Waals surface area contributed by atoms with Crippen LogP contribution in [0.4, 0.5) is 10.5 Å². The molecule has 0 bridgehead atoms. The molecule has 1 aromatic carbocycles. The maximum atomic E-state index is 10.8. The number of nitrogens with zero attached hydrogens (tertiary/aromatic N) is 1. The summed E-state index contributed by atoms with van der Waals surface area (Å²) in [4.78, 5) is 10.8. The first-order valence-electron chi connectivity index (χ1n) is 3.55. The molecular weight excluding hydrogens is 231 g/mol. The normalized spacial score (nSPS) is 10.2. The number of primary amides is 1. The summed E-state index contributed by atoms with van der Waals surface area (Å²) < 4.78 is 30.3. The van der Waals surface area contributed by atoms with Gasteiger partial charge in [-0.15, -0.1) is 0 Å². The number of nitrogens with two attached hydrogens (primary N) is 1. The van der Waals surface area contributed by atoms with Gasteiger partial charge in [-0.3, -0.25) is 4.55 Å². The molecule has 0 saturated carbocycles. The van der Waals surface area contributed by atoms with Gasteiger partial charge in [0.1, 0.15) is 0 Å². The van der Waals surface area contributed by atoms with Crippen LogP contribution in [0.15, 0.2) is 30.3 Å². The van der Waals surface area contributed by atoms with Crippen molar-refractivity contribution >= 4 is 51.6 Å². The van der Waals surface area contributed by atoms with Gasteiger partial charge in [-0.05, 0) is 12.1 Å². The quantitative estimate of drug-likeness (QED) is 0.560. The van der Waals surface area contributed by atoms with Gasteiger partial charge in [0, 0.05) is 29.6 Å². The van der Waals surface area contributed by atoms with Crippen LogP contribution in [0.25, 0.3) is 0 Å². The maximum Gasteiger partial charge on any atom is 0.368 e. The largest absolute Gasteiger partial charge is 0.368 e. The molecule has 2 amide bonds. The molecule has 77 valence electrons. The summed E-state index contributed by atoms with van der Waals surface area (Å²) in [6.45, 7) is 0. The Morgan fingerprint density at radius 1 is 1.27 bits per heavy atom. The van der Waals surface area contributed by atoms with E-state index in [0.717, 1.165) is 0 Å². The van der Waals surface area contributed by atoms with Crippen LogP contribution in [0.2, 0.25) is 0 Å². The van der Waals surface area contributed by atoms with Crippen molar-refractivity contribution in [2.45, 2.75) is 0 Å². The van der Waals surface area contributed by atoms with E-state index in [4.69, 9.17) is 10.3 Å². The Hall–Kier alpha value is -0.600. The minimum Gasteiger partial charge on any atom is -0.350 e. The zero-order valence-electron chi connectivity index (χ0n) is 7.99. The Labute approximate surface area is 109 Å². The molecule has 0 heterocycles. The summed E-state index contributed by atoms with van der Waals surface area (Å²) in [6.07, 6.45) is 0. The molecular formula is C7H8N2NaO4S. The second kappa shape index (κ2) is 5.47. The van der Waals surface area contributed by atoms with E-state index in [1.807, 2.05) is 0 Å². The van der Waals surface area contributed by atoms with Gasteiger partial charge in [-0.2, -0.15) is 12.7 Å². The van der Waals surface area contributed by atoms with Gasteiger partial charge in [0.2, 0.25) is 0 Å². The van der Waals surface area contributed by atoms with E-state index in [2.05, 4.69) is 0 Å². The van der Waals surface area contributed by atoms with Gasteiger partial charge in [0.05, 0.1) is 5.69 Å². The predicted octanol–water partition coefficient (Wildman–Crippen LogP) is -0.00630. The van der Waals surface area contributed by atoms with Crippen LogP contribution in [0.3, 0.4) is 0 Å². The first-order valence-corrected chi connectivity index (χ1v) is 4.95. The van der Waals surface area contributed by atoms with E-state index in [1.54, 1.807) is 6.07 Å². The van der Waals surface area contributed by atoms with Crippen LogP contribution in [-0.4, -0.2) is 48.6 Å². The summed E-state index contributed by atoms with van der Waals surface area (Å²) in [6, 6.07) is 6.05. The molecule has 0 aromatic heterocycles. The number of benzene rings is 1.